The van der Waals surface area contributed by atoms with Gasteiger partial charge in [-0.1, -0.05) is 36.4 Å². The number of aromatic carboxylic acids is 2. The summed E-state index contributed by atoms with van der Waals surface area (Å²) in [4.78, 5) is 22.2. The van der Waals surface area contributed by atoms with Crippen LogP contribution < -0.4 is 14.8 Å². The maximum atomic E-state index is 13.8. The molecule has 10 heteroatoms. The first-order chi connectivity index (χ1) is 20.2. The summed E-state index contributed by atoms with van der Waals surface area (Å²) >= 11 is 1.98. The van der Waals surface area contributed by atoms with Crippen LogP contribution in [0, 0.1) is 15.2 Å². The van der Waals surface area contributed by atoms with Crippen LogP contribution in [0.25, 0.3) is 0 Å². The fraction of sp³-hybridized carbons (Fsp3) is 0. The number of ether oxygens (including phenoxy) is 2. The number of hydrogen-bond acceptors (Lipinski definition) is 5. The molecule has 0 atom stereocenters. The lowest BCUT2D eigenvalue weighted by Gasteiger charge is -2.13. The van der Waals surface area contributed by atoms with Crippen LogP contribution in [-0.4, -0.2) is 22.2 Å². The number of carbonyl (C=O) groups is 2. The molecule has 0 heterocycles. The summed E-state index contributed by atoms with van der Waals surface area (Å²) in [5.74, 6) is -1.35. The van der Waals surface area contributed by atoms with Gasteiger partial charge in [-0.3, -0.25) is 0 Å². The van der Waals surface area contributed by atoms with Crippen LogP contribution in [0.5, 0.6) is 23.0 Å². The Balaban J connectivity index is 0.000000208. The number of hydrogen-bond donors (Lipinski definition) is 3. The first-order valence-electron chi connectivity index (χ1n) is 12.3. The Kier molecular flexibility index (Phi) is 10.1. The van der Waals surface area contributed by atoms with Crippen molar-refractivity contribution in [3.05, 3.63) is 142 Å². The highest BCUT2D eigenvalue weighted by Gasteiger charge is 2.14. The number of para-hydroxylation sites is 2. The molecule has 5 aromatic rings. The van der Waals surface area contributed by atoms with E-state index in [0.29, 0.717) is 26.9 Å². The van der Waals surface area contributed by atoms with Crippen LogP contribution in [-0.2, 0) is 0 Å². The van der Waals surface area contributed by atoms with E-state index in [2.05, 4.69) is 5.32 Å². The summed E-state index contributed by atoms with van der Waals surface area (Å²) in [7, 11) is 0. The van der Waals surface area contributed by atoms with Gasteiger partial charge in [0, 0.05) is 15.7 Å². The van der Waals surface area contributed by atoms with E-state index in [-0.39, 0.29) is 22.5 Å². The fourth-order valence-corrected chi connectivity index (χ4v) is 4.31. The van der Waals surface area contributed by atoms with Crippen LogP contribution in [0.3, 0.4) is 0 Å². The highest BCUT2D eigenvalue weighted by molar-refractivity contribution is 14.1. The Morgan fingerprint density at radius 2 is 1.12 bits per heavy atom. The summed E-state index contributed by atoms with van der Waals surface area (Å²) in [6.07, 6.45) is 0. The van der Waals surface area contributed by atoms with Gasteiger partial charge >= 0.3 is 11.9 Å². The van der Waals surface area contributed by atoms with E-state index >= 15 is 0 Å². The Bertz CT molecular complexity index is 1700. The molecule has 0 aliphatic rings. The third kappa shape index (κ3) is 8.27. The quantitative estimate of drug-likeness (QED) is 0.141. The molecule has 0 aromatic heterocycles. The van der Waals surface area contributed by atoms with Crippen molar-refractivity contribution in [1.82, 2.24) is 0 Å². The molecule has 0 fully saturated rings. The first kappa shape index (κ1) is 30.0. The normalized spacial score (nSPS) is 10.2. The standard InChI is InChI=1S/C19H13F2NO3.C13H9IO3/c20-12-6-9-17(16(21)10-12)22-18-11-14(7-8-15(18)19(23)24)25-13-4-2-1-3-5-13;14-12-8-10(6-7-11(12)13(15)16)17-9-4-2-1-3-5-9/h1-11,22H,(H,23,24);1-8H,(H,15,16). The van der Waals surface area contributed by atoms with Crippen LogP contribution in [0.1, 0.15) is 20.7 Å². The summed E-state index contributed by atoms with van der Waals surface area (Å²) < 4.78 is 38.8. The third-order valence-electron chi connectivity index (χ3n) is 5.55. The van der Waals surface area contributed by atoms with Gasteiger partial charge in [0.05, 0.1) is 22.5 Å². The summed E-state index contributed by atoms with van der Waals surface area (Å²) in [5, 5.41) is 20.9. The summed E-state index contributed by atoms with van der Waals surface area (Å²) in [5.41, 5.74) is 0.308. The minimum absolute atomic E-state index is 0.0410. The molecule has 0 bridgehead atoms. The minimum atomic E-state index is -1.18. The van der Waals surface area contributed by atoms with Gasteiger partial charge in [0.1, 0.15) is 34.6 Å². The zero-order valence-electron chi connectivity index (χ0n) is 21.6. The molecule has 212 valence electrons. The van der Waals surface area contributed by atoms with Crippen molar-refractivity contribution in [3.8, 4) is 23.0 Å². The van der Waals surface area contributed by atoms with Gasteiger partial charge in [-0.05, 0) is 89.3 Å². The molecule has 42 heavy (non-hydrogen) atoms. The Hall–Kier alpha value is -4.97. The fourth-order valence-electron chi connectivity index (χ4n) is 3.59. The average Bonchev–Trinajstić information content (AvgIpc) is 2.96. The van der Waals surface area contributed by atoms with Gasteiger partial charge in [0.15, 0.2) is 0 Å². The molecule has 7 nitrogen and oxygen atoms in total. The summed E-state index contributed by atoms with van der Waals surface area (Å²) in [6.45, 7) is 0. The predicted molar refractivity (Wildman–Crippen MR) is 162 cm³/mol. The van der Waals surface area contributed by atoms with Gasteiger partial charge < -0.3 is 25.0 Å². The number of carboxylic acids is 2. The molecule has 5 aromatic carbocycles. The second kappa shape index (κ2) is 14.1. The SMILES string of the molecule is O=C(O)c1ccc(Oc2ccccc2)cc1I.O=C(O)c1ccc(Oc2ccccc2)cc1Nc1ccc(F)cc1F. The second-order valence-electron chi connectivity index (χ2n) is 8.54. The molecule has 0 saturated heterocycles. The van der Waals surface area contributed by atoms with Gasteiger partial charge in [-0.2, -0.15) is 0 Å². The molecule has 0 radical (unpaired) electrons. The van der Waals surface area contributed by atoms with Gasteiger partial charge in [-0.25, -0.2) is 18.4 Å². The van der Waals surface area contributed by atoms with E-state index in [4.69, 9.17) is 14.6 Å². The summed E-state index contributed by atoms with van der Waals surface area (Å²) in [6, 6.07) is 30.5. The van der Waals surface area contributed by atoms with Gasteiger partial charge in [-0.15, -0.1) is 0 Å². The minimum Gasteiger partial charge on any atom is -0.478 e. The van der Waals surface area contributed by atoms with Crippen LogP contribution >= 0.6 is 22.6 Å². The molecule has 0 amide bonds. The maximum absolute atomic E-state index is 13.8. The molecule has 0 unspecified atom stereocenters. The first-order valence-corrected chi connectivity index (χ1v) is 13.4. The van der Waals surface area contributed by atoms with E-state index in [1.807, 2.05) is 59.0 Å². The molecular weight excluding hydrogens is 659 g/mol. The second-order valence-corrected chi connectivity index (χ2v) is 9.70. The van der Waals surface area contributed by atoms with E-state index in [0.717, 1.165) is 11.8 Å². The molecule has 0 aliphatic carbocycles. The number of nitrogens with one attached hydrogen (secondary N) is 1. The molecule has 0 spiro atoms. The third-order valence-corrected chi connectivity index (χ3v) is 6.44. The number of anilines is 2. The van der Waals surface area contributed by atoms with Crippen molar-refractivity contribution in [2.24, 2.45) is 0 Å². The molecule has 5 rings (SSSR count). The lowest BCUT2D eigenvalue weighted by molar-refractivity contribution is 0.0686. The molecule has 3 N–H and O–H groups in total. The number of rotatable bonds is 8. The maximum Gasteiger partial charge on any atom is 0.337 e. The number of benzene rings is 5. The van der Waals surface area contributed by atoms with Crippen molar-refractivity contribution >= 4 is 45.9 Å². The van der Waals surface area contributed by atoms with Crippen LogP contribution in [0.2, 0.25) is 0 Å². The monoisotopic (exact) mass is 681 g/mol. The Morgan fingerprint density at radius 1 is 0.595 bits per heavy atom. The lowest BCUT2D eigenvalue weighted by atomic mass is 10.1. The van der Waals surface area contributed by atoms with Crippen molar-refractivity contribution in [2.45, 2.75) is 0 Å². The van der Waals surface area contributed by atoms with E-state index < -0.39 is 23.6 Å². The largest absolute Gasteiger partial charge is 0.478 e. The zero-order chi connectivity index (χ0) is 30.1. The van der Waals surface area contributed by atoms with Crippen LogP contribution in [0.15, 0.2) is 115 Å². The van der Waals surface area contributed by atoms with Gasteiger partial charge in [0.2, 0.25) is 0 Å². The van der Waals surface area contributed by atoms with Gasteiger partial charge in [0.25, 0.3) is 0 Å². The number of carboxylic acid groups (broad SMARTS) is 2. The molecular formula is C32H22F2INO6. The average molecular weight is 681 g/mol. The molecule has 0 saturated carbocycles. The Morgan fingerprint density at radius 3 is 1.62 bits per heavy atom. The Labute approximate surface area is 253 Å². The molecule has 0 aliphatic heterocycles. The smallest absolute Gasteiger partial charge is 0.337 e. The van der Waals surface area contributed by atoms with E-state index in [9.17, 15) is 23.5 Å². The lowest BCUT2D eigenvalue weighted by Crippen LogP contribution is -2.04. The van der Waals surface area contributed by atoms with E-state index in [1.54, 1.807) is 42.5 Å². The van der Waals surface area contributed by atoms with Crippen molar-refractivity contribution in [1.29, 1.82) is 0 Å². The van der Waals surface area contributed by atoms with Crippen LogP contribution in [0.4, 0.5) is 20.2 Å². The topological polar surface area (TPSA) is 105 Å². The zero-order valence-corrected chi connectivity index (χ0v) is 23.8. The highest BCUT2D eigenvalue weighted by atomic mass is 127. The van der Waals surface area contributed by atoms with Crippen molar-refractivity contribution < 1.29 is 38.1 Å². The van der Waals surface area contributed by atoms with E-state index in [1.165, 1.54) is 24.3 Å². The van der Waals surface area contributed by atoms with Crippen molar-refractivity contribution in [2.75, 3.05) is 5.32 Å². The number of halogens is 3. The predicted octanol–water partition coefficient (Wildman–Crippen LogP) is 8.98. The van der Waals surface area contributed by atoms with Crippen molar-refractivity contribution in [3.63, 3.8) is 0 Å². The highest BCUT2D eigenvalue weighted by Crippen LogP contribution is 2.30.